The minimum absolute atomic E-state index is 0.448. The summed E-state index contributed by atoms with van der Waals surface area (Å²) in [6.07, 6.45) is -9.30. The van der Waals surface area contributed by atoms with Crippen LogP contribution in [0.5, 0.6) is 0 Å². The largest absolute Gasteiger partial charge is 0.460 e. The maximum atomic E-state index is 14.4. The first-order valence-corrected chi connectivity index (χ1v) is 13.7. The molecule has 0 unspecified atom stereocenters. The quantitative estimate of drug-likeness (QED) is 0.121. The molecular weight excluding hydrogens is 721 g/mol. The summed E-state index contributed by atoms with van der Waals surface area (Å²) in [5.41, 5.74) is 0. The van der Waals surface area contributed by atoms with Gasteiger partial charge in [0.05, 0.1) is 0 Å². The van der Waals surface area contributed by atoms with E-state index in [1.165, 1.54) is 27.7 Å². The molecule has 26 heteroatoms. The summed E-state index contributed by atoms with van der Waals surface area (Å²) in [4.78, 5) is 0. The number of alkyl halides is 17. The first-order valence-electron chi connectivity index (χ1n) is 12.2. The molecule has 8 nitrogen and oxygen atoms in total. The number of halogens is 17. The zero-order valence-electron chi connectivity index (χ0n) is 23.5. The Labute approximate surface area is 248 Å². The van der Waals surface area contributed by atoms with Crippen LogP contribution in [0.2, 0.25) is 0 Å². The van der Waals surface area contributed by atoms with Gasteiger partial charge in [-0.3, -0.25) is 0 Å². The van der Waals surface area contributed by atoms with Crippen LogP contribution in [0.25, 0.3) is 0 Å². The molecule has 0 heterocycles. The number of nitrogens with one attached hydrogen (secondary N) is 1. The van der Waals surface area contributed by atoms with Crippen LogP contribution >= 0.6 is 0 Å². The van der Waals surface area contributed by atoms with Crippen LogP contribution in [0, 0.1) is 0 Å². The molecule has 0 aliphatic rings. The Kier molecular flexibility index (Phi) is 13.4. The average molecular weight is 747 g/mol. The van der Waals surface area contributed by atoms with Crippen molar-refractivity contribution in [1.29, 1.82) is 0 Å². The highest BCUT2D eigenvalue weighted by Gasteiger charge is 2.96. The second-order valence-electron chi connectivity index (χ2n) is 8.68. The van der Waals surface area contributed by atoms with Gasteiger partial charge >= 0.3 is 52.9 Å². The van der Waals surface area contributed by atoms with Crippen molar-refractivity contribution in [2.75, 3.05) is 33.0 Å². The van der Waals surface area contributed by atoms with E-state index in [1.54, 1.807) is 0 Å². The van der Waals surface area contributed by atoms with E-state index in [9.17, 15) is 88.2 Å². The van der Waals surface area contributed by atoms with E-state index in [0.29, 0.717) is 4.72 Å². The summed E-state index contributed by atoms with van der Waals surface area (Å²) >= 11 is 0. The molecule has 0 spiro atoms. The van der Waals surface area contributed by atoms with Crippen LogP contribution < -0.4 is 4.72 Å². The fraction of sp³-hybridized carbons (Fsp3) is 1.00. The molecule has 0 aromatic carbocycles. The Hall–Kier alpha value is -1.48. The predicted molar refractivity (Wildman–Crippen MR) is 116 cm³/mol. The Balaban J connectivity index is 6.81. The summed E-state index contributed by atoms with van der Waals surface area (Å²) < 4.78 is 274. The lowest BCUT2D eigenvalue weighted by molar-refractivity contribution is -0.486. The van der Waals surface area contributed by atoms with Gasteiger partial charge in [-0.15, -0.1) is 0 Å². The standard InChI is InChI=1S/C20H26F17NO7S/c1-5-42-11(43-6-2,20(39,44-7-3)45-8-4)9-10-38-46(40,41)19(36,37)17(31,32)15(27,28)13(23,24)12(21,22)14(25,26)16(29,30)18(33,34)35/h38-39H,5-10H2,1-4H3. The van der Waals surface area contributed by atoms with Gasteiger partial charge in [-0.25, -0.2) is 13.1 Å². The van der Waals surface area contributed by atoms with Gasteiger partial charge in [0, 0.05) is 39.4 Å². The van der Waals surface area contributed by atoms with E-state index < -0.39 is 108 Å². The van der Waals surface area contributed by atoms with Gasteiger partial charge in [0.15, 0.2) is 0 Å². The number of sulfonamides is 1. The highest BCUT2D eigenvalue weighted by atomic mass is 32.2. The van der Waals surface area contributed by atoms with Crippen molar-refractivity contribution < 1.29 is 107 Å². The minimum atomic E-state index is -8.95. The van der Waals surface area contributed by atoms with Crippen LogP contribution in [0.3, 0.4) is 0 Å². The monoisotopic (exact) mass is 747 g/mol. The molecule has 46 heavy (non-hydrogen) atoms. The Bertz CT molecular complexity index is 1100. The minimum Gasteiger partial charge on any atom is -0.344 e. The lowest BCUT2D eigenvalue weighted by Gasteiger charge is -2.44. The summed E-state index contributed by atoms with van der Waals surface area (Å²) in [5, 5.41) is 3.01. The maximum absolute atomic E-state index is 14.4. The zero-order chi connectivity index (χ0) is 37.3. The molecule has 2 N–H and O–H groups in total. The van der Waals surface area contributed by atoms with E-state index in [1.807, 2.05) is 0 Å². The van der Waals surface area contributed by atoms with Gasteiger partial charge < -0.3 is 24.1 Å². The summed E-state index contributed by atoms with van der Waals surface area (Å²) in [5.74, 6) is -58.1. The number of aliphatic hydroxyl groups is 1. The molecule has 0 aromatic rings. The van der Waals surface area contributed by atoms with E-state index in [2.05, 4.69) is 0 Å². The molecule has 0 fully saturated rings. The van der Waals surface area contributed by atoms with Crippen LogP contribution in [0.4, 0.5) is 74.6 Å². The number of hydrogen-bond donors (Lipinski definition) is 2. The fourth-order valence-corrected chi connectivity index (χ4v) is 4.42. The van der Waals surface area contributed by atoms with Crippen molar-refractivity contribution in [2.24, 2.45) is 0 Å². The Morgan fingerprint density at radius 3 is 1.13 bits per heavy atom. The van der Waals surface area contributed by atoms with Gasteiger partial charge in [-0.2, -0.15) is 74.6 Å². The third-order valence-corrected chi connectivity index (χ3v) is 7.21. The topological polar surface area (TPSA) is 103 Å². The summed E-state index contributed by atoms with van der Waals surface area (Å²) in [6, 6.07) is 0. The molecular formula is C20H26F17NO7S. The van der Waals surface area contributed by atoms with Crippen LogP contribution in [-0.2, 0) is 29.0 Å². The van der Waals surface area contributed by atoms with Crippen LogP contribution in [0.15, 0.2) is 0 Å². The predicted octanol–water partition coefficient (Wildman–Crippen LogP) is 5.75. The van der Waals surface area contributed by atoms with Crippen LogP contribution in [-0.4, -0.2) is 105 Å². The molecule has 0 saturated carbocycles. The number of ether oxygens (including phenoxy) is 4. The Morgan fingerprint density at radius 1 is 0.522 bits per heavy atom. The van der Waals surface area contributed by atoms with Crippen molar-refractivity contribution >= 4 is 10.0 Å². The highest BCUT2D eigenvalue weighted by molar-refractivity contribution is 7.90. The molecule has 0 aromatic heterocycles. The normalized spacial score (nSPS) is 15.9. The second-order valence-corrected chi connectivity index (χ2v) is 10.5. The summed E-state index contributed by atoms with van der Waals surface area (Å²) in [7, 11) is -7.60. The molecule has 278 valence electrons. The highest BCUT2D eigenvalue weighted by Crippen LogP contribution is 2.64. The zero-order valence-corrected chi connectivity index (χ0v) is 24.3. The van der Waals surface area contributed by atoms with Gasteiger partial charge in [-0.05, 0) is 27.7 Å². The lowest BCUT2D eigenvalue weighted by atomic mass is 9.91. The first-order chi connectivity index (χ1) is 20.2. The lowest BCUT2D eigenvalue weighted by Crippen LogP contribution is -2.75. The molecule has 0 aliphatic carbocycles. The third-order valence-electron chi connectivity index (χ3n) is 5.69. The van der Waals surface area contributed by atoms with E-state index in [0.717, 1.165) is 0 Å². The van der Waals surface area contributed by atoms with E-state index in [4.69, 9.17) is 18.9 Å². The van der Waals surface area contributed by atoms with E-state index >= 15 is 0 Å². The molecule has 0 saturated heterocycles. The van der Waals surface area contributed by atoms with E-state index in [-0.39, 0.29) is 0 Å². The molecule has 0 aliphatic heterocycles. The SMILES string of the molecule is CCOC(O)(OCC)C(CCNS(=O)(=O)C(F)(F)C(F)(F)C(F)(F)C(F)(F)C(F)(F)C(F)(F)C(F)(F)C(F)(F)F)(OCC)OCC. The molecule has 0 rings (SSSR count). The van der Waals surface area contributed by atoms with Gasteiger partial charge in [0.2, 0.25) is 0 Å². The maximum Gasteiger partial charge on any atom is 0.460 e. The second kappa shape index (κ2) is 13.8. The average Bonchev–Trinajstić information content (AvgIpc) is 2.87. The Morgan fingerprint density at radius 2 is 0.826 bits per heavy atom. The van der Waals surface area contributed by atoms with Crippen molar-refractivity contribution in [3.05, 3.63) is 0 Å². The van der Waals surface area contributed by atoms with Crippen molar-refractivity contribution in [1.82, 2.24) is 4.72 Å². The molecule has 0 amide bonds. The smallest absolute Gasteiger partial charge is 0.344 e. The fourth-order valence-electron chi connectivity index (χ4n) is 3.40. The van der Waals surface area contributed by atoms with Gasteiger partial charge in [0.1, 0.15) is 0 Å². The molecule has 0 radical (unpaired) electrons. The van der Waals surface area contributed by atoms with Gasteiger partial charge in [0.25, 0.3) is 15.8 Å². The molecule has 0 bridgehead atoms. The van der Waals surface area contributed by atoms with Crippen molar-refractivity contribution in [2.45, 2.75) is 92.8 Å². The third kappa shape index (κ3) is 6.84. The van der Waals surface area contributed by atoms with Crippen molar-refractivity contribution in [3.63, 3.8) is 0 Å². The number of rotatable bonds is 20. The molecule has 0 atom stereocenters. The van der Waals surface area contributed by atoms with Gasteiger partial charge in [-0.1, -0.05) is 0 Å². The summed E-state index contributed by atoms with van der Waals surface area (Å²) in [6.45, 7) is 1.04. The number of hydrogen-bond acceptors (Lipinski definition) is 7. The van der Waals surface area contributed by atoms with Crippen molar-refractivity contribution in [3.8, 4) is 0 Å². The first kappa shape index (κ1) is 44.5. The van der Waals surface area contributed by atoms with Crippen LogP contribution in [0.1, 0.15) is 34.1 Å².